The Kier molecular flexibility index (Phi) is 2.61. The number of benzene rings is 1. The maximum atomic E-state index is 12.5. The van der Waals surface area contributed by atoms with Crippen LogP contribution in [0.3, 0.4) is 0 Å². The molecule has 1 atom stereocenters. The van der Waals surface area contributed by atoms with Crippen molar-refractivity contribution in [3.63, 3.8) is 0 Å². The SMILES string of the molecule is N#CC(Cl)c1cc(F)cc(F)c1. The molecule has 62 valence electrons. The zero-order chi connectivity index (χ0) is 9.14. The highest BCUT2D eigenvalue weighted by Crippen LogP contribution is 2.20. The second-order valence-electron chi connectivity index (χ2n) is 2.19. The molecule has 0 spiro atoms. The molecule has 0 saturated carbocycles. The van der Waals surface area contributed by atoms with Gasteiger partial charge in [-0.2, -0.15) is 5.26 Å². The van der Waals surface area contributed by atoms with Crippen molar-refractivity contribution in [2.24, 2.45) is 0 Å². The van der Waals surface area contributed by atoms with Gasteiger partial charge in [0.15, 0.2) is 0 Å². The van der Waals surface area contributed by atoms with Gasteiger partial charge in [-0.3, -0.25) is 0 Å². The van der Waals surface area contributed by atoms with Gasteiger partial charge in [0, 0.05) is 6.07 Å². The van der Waals surface area contributed by atoms with Crippen LogP contribution in [-0.2, 0) is 0 Å². The molecule has 1 rings (SSSR count). The minimum Gasteiger partial charge on any atom is -0.207 e. The molecular formula is C8H4ClF2N. The molecule has 0 aliphatic carbocycles. The van der Waals surface area contributed by atoms with Crippen LogP contribution in [0.2, 0.25) is 0 Å². The lowest BCUT2D eigenvalue weighted by atomic mass is 10.1. The van der Waals surface area contributed by atoms with E-state index in [9.17, 15) is 8.78 Å². The minimum absolute atomic E-state index is 0.136. The van der Waals surface area contributed by atoms with Crippen LogP contribution in [0.25, 0.3) is 0 Å². The Hall–Kier alpha value is -1.14. The van der Waals surface area contributed by atoms with Crippen molar-refractivity contribution >= 4 is 11.6 Å². The molecule has 0 heterocycles. The third kappa shape index (κ3) is 1.93. The Balaban J connectivity index is 3.10. The van der Waals surface area contributed by atoms with Crippen LogP contribution >= 0.6 is 11.6 Å². The van der Waals surface area contributed by atoms with E-state index in [1.54, 1.807) is 6.07 Å². The average Bonchev–Trinajstić information content (AvgIpc) is 2.01. The molecule has 0 aliphatic heterocycles. The third-order valence-corrected chi connectivity index (χ3v) is 1.64. The lowest BCUT2D eigenvalue weighted by Crippen LogP contribution is -1.89. The number of nitrogens with zero attached hydrogens (tertiary/aromatic N) is 1. The molecule has 1 aromatic rings. The zero-order valence-electron chi connectivity index (χ0n) is 5.89. The molecule has 1 unspecified atom stereocenters. The summed E-state index contributed by atoms with van der Waals surface area (Å²) >= 11 is 5.44. The Morgan fingerprint density at radius 2 is 1.75 bits per heavy atom. The zero-order valence-corrected chi connectivity index (χ0v) is 6.65. The van der Waals surface area contributed by atoms with E-state index in [1.165, 1.54) is 0 Å². The summed E-state index contributed by atoms with van der Waals surface area (Å²) in [6.45, 7) is 0. The standard InChI is InChI=1S/C8H4ClF2N/c9-8(4-12)5-1-6(10)3-7(11)2-5/h1-3,8H. The highest BCUT2D eigenvalue weighted by molar-refractivity contribution is 6.22. The van der Waals surface area contributed by atoms with Crippen molar-refractivity contribution < 1.29 is 8.78 Å². The maximum Gasteiger partial charge on any atom is 0.145 e. The Bertz CT molecular complexity index is 312. The van der Waals surface area contributed by atoms with E-state index in [4.69, 9.17) is 16.9 Å². The lowest BCUT2D eigenvalue weighted by Gasteiger charge is -2.00. The Morgan fingerprint density at radius 3 is 2.17 bits per heavy atom. The number of alkyl halides is 1. The Morgan fingerprint density at radius 1 is 1.25 bits per heavy atom. The van der Waals surface area contributed by atoms with Gasteiger partial charge >= 0.3 is 0 Å². The topological polar surface area (TPSA) is 23.8 Å². The van der Waals surface area contributed by atoms with Crippen LogP contribution in [0, 0.1) is 23.0 Å². The van der Waals surface area contributed by atoms with Crippen molar-refractivity contribution in [3.05, 3.63) is 35.4 Å². The summed E-state index contributed by atoms with van der Waals surface area (Å²) in [4.78, 5) is 0. The van der Waals surface area contributed by atoms with Crippen LogP contribution in [0.5, 0.6) is 0 Å². The lowest BCUT2D eigenvalue weighted by molar-refractivity contribution is 0.580. The smallest absolute Gasteiger partial charge is 0.145 e. The Labute approximate surface area is 73.2 Å². The van der Waals surface area contributed by atoms with Crippen molar-refractivity contribution in [1.29, 1.82) is 5.26 Å². The van der Waals surface area contributed by atoms with Crippen molar-refractivity contribution in [2.45, 2.75) is 5.38 Å². The number of nitriles is 1. The van der Waals surface area contributed by atoms with Gasteiger partial charge in [0.05, 0.1) is 6.07 Å². The molecule has 4 heteroatoms. The molecule has 0 aliphatic rings. The normalized spacial score (nSPS) is 12.2. The second kappa shape index (κ2) is 3.51. The van der Waals surface area contributed by atoms with Crippen molar-refractivity contribution in [1.82, 2.24) is 0 Å². The summed E-state index contributed by atoms with van der Waals surface area (Å²) in [5, 5.41) is 7.34. The molecular weight excluding hydrogens is 184 g/mol. The first-order valence-electron chi connectivity index (χ1n) is 3.13. The first-order chi connectivity index (χ1) is 5.63. The van der Waals surface area contributed by atoms with Gasteiger partial charge in [0.2, 0.25) is 0 Å². The molecule has 12 heavy (non-hydrogen) atoms. The highest BCUT2D eigenvalue weighted by Gasteiger charge is 2.08. The van der Waals surface area contributed by atoms with Gasteiger partial charge in [-0.05, 0) is 17.7 Å². The summed E-state index contributed by atoms with van der Waals surface area (Å²) in [7, 11) is 0. The van der Waals surface area contributed by atoms with Gasteiger partial charge < -0.3 is 0 Å². The molecule has 0 radical (unpaired) electrons. The van der Waals surface area contributed by atoms with Gasteiger partial charge in [-0.15, -0.1) is 11.6 Å². The molecule has 0 saturated heterocycles. The van der Waals surface area contributed by atoms with Crippen molar-refractivity contribution in [2.75, 3.05) is 0 Å². The van der Waals surface area contributed by atoms with E-state index >= 15 is 0 Å². The second-order valence-corrected chi connectivity index (χ2v) is 2.63. The molecule has 0 aromatic heterocycles. The van der Waals surface area contributed by atoms with Crippen LogP contribution in [0.4, 0.5) is 8.78 Å². The first kappa shape index (κ1) is 8.95. The number of hydrogen-bond acceptors (Lipinski definition) is 1. The molecule has 0 amide bonds. The highest BCUT2D eigenvalue weighted by atomic mass is 35.5. The first-order valence-corrected chi connectivity index (χ1v) is 3.57. The minimum atomic E-state index is -1.00. The van der Waals surface area contributed by atoms with E-state index in [1.807, 2.05) is 0 Å². The fraction of sp³-hybridized carbons (Fsp3) is 0.125. The summed E-state index contributed by atoms with van der Waals surface area (Å²) in [6, 6.07) is 4.46. The van der Waals surface area contributed by atoms with Crippen LogP contribution < -0.4 is 0 Å². The largest absolute Gasteiger partial charge is 0.207 e. The quantitative estimate of drug-likeness (QED) is 0.621. The molecule has 1 nitrogen and oxygen atoms in total. The number of rotatable bonds is 1. The number of hydrogen-bond donors (Lipinski definition) is 0. The van der Waals surface area contributed by atoms with E-state index < -0.39 is 17.0 Å². The fourth-order valence-electron chi connectivity index (χ4n) is 0.796. The summed E-state index contributed by atoms with van der Waals surface area (Å²) < 4.78 is 25.0. The van der Waals surface area contributed by atoms with Crippen LogP contribution in [0.1, 0.15) is 10.9 Å². The number of halogens is 3. The molecule has 0 bridgehead atoms. The molecule has 1 aromatic carbocycles. The third-order valence-electron chi connectivity index (χ3n) is 1.29. The molecule has 0 N–H and O–H groups in total. The monoisotopic (exact) mass is 187 g/mol. The summed E-state index contributed by atoms with van der Waals surface area (Å²) in [5.74, 6) is -1.46. The average molecular weight is 188 g/mol. The molecule has 0 fully saturated rings. The van der Waals surface area contributed by atoms with E-state index in [0.29, 0.717) is 0 Å². The fourth-order valence-corrected chi connectivity index (χ4v) is 0.922. The van der Waals surface area contributed by atoms with Gasteiger partial charge in [0.25, 0.3) is 0 Å². The summed E-state index contributed by atoms with van der Waals surface area (Å²) in [5.41, 5.74) is 0.136. The van der Waals surface area contributed by atoms with Gasteiger partial charge in [0.1, 0.15) is 17.0 Å². The van der Waals surface area contributed by atoms with E-state index in [-0.39, 0.29) is 5.56 Å². The van der Waals surface area contributed by atoms with E-state index in [2.05, 4.69) is 0 Å². The van der Waals surface area contributed by atoms with Crippen LogP contribution in [0.15, 0.2) is 18.2 Å². The van der Waals surface area contributed by atoms with Gasteiger partial charge in [-0.1, -0.05) is 0 Å². The van der Waals surface area contributed by atoms with E-state index in [0.717, 1.165) is 18.2 Å². The van der Waals surface area contributed by atoms with Crippen LogP contribution in [-0.4, -0.2) is 0 Å². The maximum absolute atomic E-state index is 12.5. The van der Waals surface area contributed by atoms with Gasteiger partial charge in [-0.25, -0.2) is 8.78 Å². The van der Waals surface area contributed by atoms with Crippen molar-refractivity contribution in [3.8, 4) is 6.07 Å². The summed E-state index contributed by atoms with van der Waals surface area (Å²) in [6.07, 6.45) is 0. The predicted molar refractivity (Wildman–Crippen MR) is 40.6 cm³/mol. The predicted octanol–water partition coefficient (Wildman–Crippen LogP) is 2.77.